The van der Waals surface area contributed by atoms with E-state index in [0.29, 0.717) is 25.9 Å². The predicted octanol–water partition coefficient (Wildman–Crippen LogP) is 2.65. The first kappa shape index (κ1) is 14.5. The molecule has 0 atom stereocenters. The van der Waals surface area contributed by atoms with E-state index in [0.717, 1.165) is 39.5 Å². The van der Waals surface area contributed by atoms with Gasteiger partial charge in [0.1, 0.15) is 5.75 Å². The summed E-state index contributed by atoms with van der Waals surface area (Å²) in [5, 5.41) is 0. The Balaban J connectivity index is 2.15. The fourth-order valence-corrected chi connectivity index (χ4v) is 2.55. The minimum atomic E-state index is -3.33. The molecule has 0 unspecified atom stereocenters. The highest BCUT2D eigenvalue weighted by molar-refractivity contribution is 14.1. The lowest BCUT2D eigenvalue weighted by Gasteiger charge is -2.22. The van der Waals surface area contributed by atoms with Gasteiger partial charge in [0, 0.05) is 35.7 Å². The van der Waals surface area contributed by atoms with Crippen LogP contribution in [0, 0.1) is 0 Å². The molecule has 0 radical (unpaired) electrons. The lowest BCUT2D eigenvalue weighted by Crippen LogP contribution is -2.41. The van der Waals surface area contributed by atoms with E-state index in [1.165, 1.54) is 4.90 Å². The molecule has 0 aromatic heterocycles. The molecule has 104 valence electrons. The van der Waals surface area contributed by atoms with Gasteiger partial charge in [0.15, 0.2) is 0 Å². The zero-order chi connectivity index (χ0) is 14.0. The van der Waals surface area contributed by atoms with Crippen LogP contribution in [0.25, 0.3) is 0 Å². The van der Waals surface area contributed by atoms with Crippen LogP contribution >= 0.6 is 22.6 Å². The maximum Gasteiger partial charge on any atom is 0.372 e. The van der Waals surface area contributed by atoms with Crippen molar-refractivity contribution in [3.8, 4) is 5.75 Å². The molecule has 0 saturated heterocycles. The number of fused-ring (bicyclic) bond motifs is 1. The molecular weight excluding hydrogens is 367 g/mol. The second kappa shape index (κ2) is 5.60. The third-order valence-electron chi connectivity index (χ3n) is 3.25. The number of halogens is 3. The molecule has 1 aromatic carbocycles. The second-order valence-electron chi connectivity index (χ2n) is 4.42. The van der Waals surface area contributed by atoms with E-state index < -0.39 is 9.84 Å². The predicted molar refractivity (Wildman–Crippen MR) is 75.9 cm³/mol. The Bertz CT molecular complexity index is 488. The first-order valence-electron chi connectivity index (χ1n) is 5.93. The molecule has 1 aliphatic heterocycles. The molecule has 0 spiro atoms. The lowest BCUT2D eigenvalue weighted by atomic mass is 10.0. The monoisotopic (exact) mass is 381 g/mol. The molecule has 1 aromatic rings. The molecule has 1 amide bonds. The largest absolute Gasteiger partial charge is 0.497 e. The standard InChI is InChI=1S/C13H14F2INO2/c1-19-11-3-2-9-4-6-17(7-5-10(9)8-11)12(18)13(14,15)16/h2-3,8H,4-7H2,1H3. The number of benzene rings is 1. The second-order valence-corrected chi connectivity index (χ2v) is 5.78. The van der Waals surface area contributed by atoms with Crippen molar-refractivity contribution in [3.63, 3.8) is 0 Å². The molecule has 6 heteroatoms. The summed E-state index contributed by atoms with van der Waals surface area (Å²) < 4.78 is 27.9. The van der Waals surface area contributed by atoms with E-state index in [1.807, 2.05) is 18.2 Å². The number of carbonyl (C=O) groups is 1. The molecule has 0 N–H and O–H groups in total. The van der Waals surface area contributed by atoms with Crippen LogP contribution in [0.1, 0.15) is 11.1 Å². The molecule has 2 rings (SSSR count). The highest BCUT2D eigenvalue weighted by atomic mass is 127. The fourth-order valence-electron chi connectivity index (χ4n) is 2.21. The van der Waals surface area contributed by atoms with Crippen molar-refractivity contribution in [1.82, 2.24) is 4.90 Å². The van der Waals surface area contributed by atoms with E-state index >= 15 is 0 Å². The molecule has 0 aliphatic carbocycles. The van der Waals surface area contributed by atoms with Crippen LogP contribution < -0.4 is 4.74 Å². The molecule has 0 fully saturated rings. The van der Waals surface area contributed by atoms with E-state index in [9.17, 15) is 13.6 Å². The summed E-state index contributed by atoms with van der Waals surface area (Å²) in [6.45, 7) is 0.647. The molecule has 3 nitrogen and oxygen atoms in total. The molecule has 0 bridgehead atoms. The van der Waals surface area contributed by atoms with Gasteiger partial charge >= 0.3 is 9.84 Å². The highest BCUT2D eigenvalue weighted by Gasteiger charge is 2.39. The van der Waals surface area contributed by atoms with Gasteiger partial charge in [-0.05, 0) is 36.1 Å². The number of rotatable bonds is 2. The quantitative estimate of drug-likeness (QED) is 0.583. The Morgan fingerprint density at radius 2 is 1.95 bits per heavy atom. The van der Waals surface area contributed by atoms with Gasteiger partial charge in [-0.25, -0.2) is 0 Å². The van der Waals surface area contributed by atoms with Crippen LogP contribution in [0.15, 0.2) is 18.2 Å². The first-order chi connectivity index (χ1) is 8.91. The zero-order valence-corrected chi connectivity index (χ0v) is 12.6. The van der Waals surface area contributed by atoms with Crippen molar-refractivity contribution in [1.29, 1.82) is 0 Å². The van der Waals surface area contributed by atoms with Gasteiger partial charge in [0.25, 0.3) is 0 Å². The van der Waals surface area contributed by atoms with Crippen LogP contribution in [-0.4, -0.2) is 34.9 Å². The Labute approximate surface area is 124 Å². The first-order valence-corrected chi connectivity index (χ1v) is 7.01. The molecule has 19 heavy (non-hydrogen) atoms. The van der Waals surface area contributed by atoms with Crippen molar-refractivity contribution < 1.29 is 18.3 Å². The topological polar surface area (TPSA) is 29.5 Å². The summed E-state index contributed by atoms with van der Waals surface area (Å²) in [6, 6.07) is 5.69. The van der Waals surface area contributed by atoms with Crippen LogP contribution in [0.5, 0.6) is 5.75 Å². The maximum atomic E-state index is 13.1. The Morgan fingerprint density at radius 1 is 1.32 bits per heavy atom. The summed E-state index contributed by atoms with van der Waals surface area (Å²) in [6.07, 6.45) is 1.17. The van der Waals surface area contributed by atoms with E-state index in [-0.39, 0.29) is 0 Å². The smallest absolute Gasteiger partial charge is 0.372 e. The van der Waals surface area contributed by atoms with Gasteiger partial charge in [-0.1, -0.05) is 6.07 Å². The van der Waals surface area contributed by atoms with Gasteiger partial charge < -0.3 is 9.64 Å². The van der Waals surface area contributed by atoms with E-state index in [1.54, 1.807) is 7.11 Å². The summed E-state index contributed by atoms with van der Waals surface area (Å²) in [4.78, 5) is 12.8. The fraction of sp³-hybridized carbons (Fsp3) is 0.462. The lowest BCUT2D eigenvalue weighted by molar-refractivity contribution is -0.144. The average molecular weight is 381 g/mol. The van der Waals surface area contributed by atoms with Gasteiger partial charge in [-0.3, -0.25) is 4.79 Å². The molecular formula is C13H14F2INO2. The van der Waals surface area contributed by atoms with Crippen molar-refractivity contribution >= 4 is 28.5 Å². The van der Waals surface area contributed by atoms with Crippen molar-refractivity contribution in [3.05, 3.63) is 29.3 Å². The highest BCUT2D eigenvalue weighted by Crippen LogP contribution is 2.27. The van der Waals surface area contributed by atoms with Crippen molar-refractivity contribution in [2.45, 2.75) is 16.8 Å². The molecule has 1 aliphatic rings. The number of alkyl halides is 3. The summed E-state index contributed by atoms with van der Waals surface area (Å²) in [5.41, 5.74) is 2.15. The third-order valence-corrected chi connectivity index (χ3v) is 3.71. The van der Waals surface area contributed by atoms with Crippen molar-refractivity contribution in [2.24, 2.45) is 0 Å². The number of hydrogen-bond donors (Lipinski definition) is 0. The van der Waals surface area contributed by atoms with Crippen LogP contribution in [0.2, 0.25) is 0 Å². The third kappa shape index (κ3) is 3.34. The SMILES string of the molecule is COc1ccc2c(c1)CCN(C(=O)C(F)(F)I)CC2. The van der Waals surface area contributed by atoms with Gasteiger partial charge in [-0.15, -0.1) is 0 Å². The zero-order valence-electron chi connectivity index (χ0n) is 10.5. The van der Waals surface area contributed by atoms with Crippen LogP contribution in [0.4, 0.5) is 8.78 Å². The number of ether oxygens (including phenoxy) is 1. The Kier molecular flexibility index (Phi) is 4.27. The number of hydrogen-bond acceptors (Lipinski definition) is 2. The minimum Gasteiger partial charge on any atom is -0.497 e. The minimum absolute atomic E-state index is 0.317. The average Bonchev–Trinajstić information content (AvgIpc) is 2.58. The Morgan fingerprint density at radius 3 is 2.53 bits per heavy atom. The maximum absolute atomic E-state index is 13.1. The number of nitrogens with zero attached hydrogens (tertiary/aromatic N) is 1. The van der Waals surface area contributed by atoms with Gasteiger partial charge in [0.2, 0.25) is 0 Å². The van der Waals surface area contributed by atoms with Crippen LogP contribution in [-0.2, 0) is 17.6 Å². The van der Waals surface area contributed by atoms with E-state index in [2.05, 4.69) is 0 Å². The molecule has 1 heterocycles. The summed E-state index contributed by atoms with van der Waals surface area (Å²) in [7, 11) is 1.59. The number of carbonyl (C=O) groups excluding carboxylic acids is 1. The van der Waals surface area contributed by atoms with Crippen molar-refractivity contribution in [2.75, 3.05) is 20.2 Å². The number of amides is 1. The summed E-state index contributed by atoms with van der Waals surface area (Å²) >= 11 is 0.884. The summed E-state index contributed by atoms with van der Waals surface area (Å²) in [5.74, 6) is -0.356. The number of methoxy groups -OCH3 is 1. The Hall–Kier alpha value is -0.920. The van der Waals surface area contributed by atoms with E-state index in [4.69, 9.17) is 4.74 Å². The van der Waals surface area contributed by atoms with Gasteiger partial charge in [-0.2, -0.15) is 8.78 Å². The molecule has 0 saturated carbocycles. The van der Waals surface area contributed by atoms with Gasteiger partial charge in [0.05, 0.1) is 7.11 Å². The normalized spacial score (nSPS) is 15.7. The van der Waals surface area contributed by atoms with Crippen LogP contribution in [0.3, 0.4) is 0 Å².